The number of aromatic nitrogens is 3. The maximum Gasteiger partial charge on any atom is 0.352 e. The number of carboxylic acid groups (broad SMARTS) is 1. The van der Waals surface area contributed by atoms with E-state index in [9.17, 15) is 9.90 Å². The van der Waals surface area contributed by atoms with E-state index in [-0.39, 0.29) is 5.69 Å². The lowest BCUT2D eigenvalue weighted by Gasteiger charge is -2.12. The molecule has 0 spiro atoms. The van der Waals surface area contributed by atoms with E-state index in [2.05, 4.69) is 22.0 Å². The van der Waals surface area contributed by atoms with Gasteiger partial charge >= 0.3 is 5.97 Å². The highest BCUT2D eigenvalue weighted by Crippen LogP contribution is 2.20. The predicted molar refractivity (Wildman–Crippen MR) is 73.9 cm³/mol. The van der Waals surface area contributed by atoms with Crippen molar-refractivity contribution in [1.82, 2.24) is 19.5 Å². The number of likely N-dealkylation sites (tertiary alicyclic amines) is 1. The molecule has 2 aromatic heterocycles. The summed E-state index contributed by atoms with van der Waals surface area (Å²) in [4.78, 5) is 13.7. The zero-order chi connectivity index (χ0) is 14.1. The van der Waals surface area contributed by atoms with Gasteiger partial charge in [0.1, 0.15) is 11.5 Å². The Hall–Kier alpha value is -1.95. The minimum absolute atomic E-state index is 0.229. The smallest absolute Gasteiger partial charge is 0.352 e. The van der Waals surface area contributed by atoms with E-state index in [4.69, 9.17) is 0 Å². The molecule has 1 N–H and O–H groups in total. The zero-order valence-corrected chi connectivity index (χ0v) is 11.5. The average molecular weight is 274 g/mol. The number of hydrogen-bond donors (Lipinski definition) is 1. The van der Waals surface area contributed by atoms with Gasteiger partial charge in [-0.2, -0.15) is 0 Å². The highest BCUT2D eigenvalue weighted by atomic mass is 16.4. The maximum atomic E-state index is 11.3. The predicted octanol–water partition coefficient (Wildman–Crippen LogP) is 1.31. The quantitative estimate of drug-likeness (QED) is 0.910. The molecule has 0 aliphatic carbocycles. The summed E-state index contributed by atoms with van der Waals surface area (Å²) >= 11 is 0. The molecule has 1 aliphatic rings. The second kappa shape index (κ2) is 5.20. The van der Waals surface area contributed by atoms with Crippen LogP contribution in [0.15, 0.2) is 18.2 Å². The Labute approximate surface area is 117 Å². The van der Waals surface area contributed by atoms with Gasteiger partial charge in [-0.15, -0.1) is 10.2 Å². The molecular formula is C14H18N4O2. The van der Waals surface area contributed by atoms with Crippen LogP contribution in [0.1, 0.15) is 29.7 Å². The van der Waals surface area contributed by atoms with Crippen LogP contribution in [0.2, 0.25) is 0 Å². The Morgan fingerprint density at radius 2 is 2.30 bits per heavy atom. The summed E-state index contributed by atoms with van der Waals surface area (Å²) in [5, 5.41) is 17.5. The molecule has 20 heavy (non-hydrogen) atoms. The SMILES string of the molecule is CCN1CCC(Cc2nnc3cccc(C(=O)O)n23)C1. The van der Waals surface area contributed by atoms with Crippen LogP contribution >= 0.6 is 0 Å². The van der Waals surface area contributed by atoms with E-state index in [1.54, 1.807) is 22.6 Å². The highest BCUT2D eigenvalue weighted by Gasteiger charge is 2.24. The molecule has 2 aromatic rings. The van der Waals surface area contributed by atoms with Crippen molar-refractivity contribution in [3.8, 4) is 0 Å². The van der Waals surface area contributed by atoms with E-state index in [0.29, 0.717) is 11.6 Å². The van der Waals surface area contributed by atoms with E-state index in [0.717, 1.165) is 38.3 Å². The molecular weight excluding hydrogens is 256 g/mol. The van der Waals surface area contributed by atoms with Gasteiger partial charge in [0, 0.05) is 13.0 Å². The van der Waals surface area contributed by atoms with Crippen LogP contribution in [0, 0.1) is 5.92 Å². The minimum atomic E-state index is -0.946. The first kappa shape index (κ1) is 13.1. The van der Waals surface area contributed by atoms with Crippen molar-refractivity contribution in [1.29, 1.82) is 0 Å². The zero-order valence-electron chi connectivity index (χ0n) is 11.5. The van der Waals surface area contributed by atoms with Crippen molar-refractivity contribution in [3.63, 3.8) is 0 Å². The van der Waals surface area contributed by atoms with Crippen molar-refractivity contribution in [2.75, 3.05) is 19.6 Å². The lowest BCUT2D eigenvalue weighted by atomic mass is 10.0. The molecule has 1 saturated heterocycles. The second-order valence-electron chi connectivity index (χ2n) is 5.28. The number of aromatic carboxylic acids is 1. The third kappa shape index (κ3) is 2.27. The van der Waals surface area contributed by atoms with E-state index < -0.39 is 5.97 Å². The summed E-state index contributed by atoms with van der Waals surface area (Å²) in [6.07, 6.45) is 1.92. The maximum absolute atomic E-state index is 11.3. The Morgan fingerprint density at radius 1 is 1.45 bits per heavy atom. The van der Waals surface area contributed by atoms with E-state index >= 15 is 0 Å². The standard InChI is InChI=1S/C14H18N4O2/c1-2-17-7-6-10(9-17)8-13-16-15-12-5-3-4-11(14(19)20)18(12)13/h3-5,10H,2,6-9H2,1H3,(H,19,20). The van der Waals surface area contributed by atoms with Crippen molar-refractivity contribution < 1.29 is 9.90 Å². The van der Waals surface area contributed by atoms with Crippen LogP contribution in [0.3, 0.4) is 0 Å². The number of rotatable bonds is 4. The van der Waals surface area contributed by atoms with E-state index in [1.807, 2.05) is 0 Å². The fraction of sp³-hybridized carbons (Fsp3) is 0.500. The van der Waals surface area contributed by atoms with Gasteiger partial charge in [0.05, 0.1) is 0 Å². The Bertz CT molecular complexity index is 637. The van der Waals surface area contributed by atoms with Gasteiger partial charge in [-0.05, 0) is 37.6 Å². The molecule has 1 aliphatic heterocycles. The van der Waals surface area contributed by atoms with Crippen LogP contribution in [0.4, 0.5) is 0 Å². The number of carbonyl (C=O) groups is 1. The van der Waals surface area contributed by atoms with Crippen molar-refractivity contribution >= 4 is 11.6 Å². The van der Waals surface area contributed by atoms with Gasteiger partial charge in [0.15, 0.2) is 5.65 Å². The van der Waals surface area contributed by atoms with Crippen LogP contribution < -0.4 is 0 Å². The topological polar surface area (TPSA) is 70.7 Å². The van der Waals surface area contributed by atoms with Gasteiger partial charge in [0.25, 0.3) is 0 Å². The summed E-state index contributed by atoms with van der Waals surface area (Å²) in [5.74, 6) is 0.336. The molecule has 1 unspecified atom stereocenters. The van der Waals surface area contributed by atoms with Crippen molar-refractivity contribution in [3.05, 3.63) is 29.7 Å². The summed E-state index contributed by atoms with van der Waals surface area (Å²) in [6, 6.07) is 5.08. The third-order valence-corrected chi connectivity index (χ3v) is 4.00. The molecule has 0 saturated carbocycles. The first-order chi connectivity index (χ1) is 9.69. The normalized spacial score (nSPS) is 19.8. The summed E-state index contributed by atoms with van der Waals surface area (Å²) in [6.45, 7) is 5.40. The second-order valence-corrected chi connectivity index (χ2v) is 5.28. The van der Waals surface area contributed by atoms with Crippen LogP contribution in [0.5, 0.6) is 0 Å². The van der Waals surface area contributed by atoms with Crippen LogP contribution in [-0.2, 0) is 6.42 Å². The summed E-state index contributed by atoms with van der Waals surface area (Å²) in [7, 11) is 0. The number of fused-ring (bicyclic) bond motifs is 1. The lowest BCUT2D eigenvalue weighted by Crippen LogP contribution is -2.20. The monoisotopic (exact) mass is 274 g/mol. The fourth-order valence-electron chi connectivity index (χ4n) is 2.92. The largest absolute Gasteiger partial charge is 0.477 e. The van der Waals surface area contributed by atoms with Crippen molar-refractivity contribution in [2.45, 2.75) is 19.8 Å². The Morgan fingerprint density at radius 3 is 3.00 bits per heavy atom. The molecule has 0 bridgehead atoms. The van der Waals surface area contributed by atoms with Gasteiger partial charge in [-0.25, -0.2) is 4.79 Å². The van der Waals surface area contributed by atoms with Crippen LogP contribution in [-0.4, -0.2) is 50.2 Å². The number of hydrogen-bond acceptors (Lipinski definition) is 4. The average Bonchev–Trinajstić information content (AvgIpc) is 3.06. The van der Waals surface area contributed by atoms with Crippen LogP contribution in [0.25, 0.3) is 5.65 Å². The van der Waals surface area contributed by atoms with Gasteiger partial charge < -0.3 is 10.0 Å². The van der Waals surface area contributed by atoms with E-state index in [1.165, 1.54) is 0 Å². The van der Waals surface area contributed by atoms with Gasteiger partial charge in [-0.1, -0.05) is 13.0 Å². The molecule has 1 fully saturated rings. The highest BCUT2D eigenvalue weighted by molar-refractivity contribution is 5.86. The molecule has 0 amide bonds. The van der Waals surface area contributed by atoms with Gasteiger partial charge in [-0.3, -0.25) is 4.40 Å². The molecule has 6 heteroatoms. The van der Waals surface area contributed by atoms with Gasteiger partial charge in [0.2, 0.25) is 0 Å². The molecule has 1 atom stereocenters. The molecule has 3 rings (SSSR count). The molecule has 0 radical (unpaired) electrons. The lowest BCUT2D eigenvalue weighted by molar-refractivity contribution is 0.0688. The number of nitrogens with zero attached hydrogens (tertiary/aromatic N) is 4. The Balaban J connectivity index is 1.90. The molecule has 0 aromatic carbocycles. The summed E-state index contributed by atoms with van der Waals surface area (Å²) in [5.41, 5.74) is 0.832. The molecule has 6 nitrogen and oxygen atoms in total. The molecule has 3 heterocycles. The Kier molecular flexibility index (Phi) is 3.40. The van der Waals surface area contributed by atoms with Crippen molar-refractivity contribution in [2.24, 2.45) is 5.92 Å². The summed E-state index contributed by atoms with van der Waals surface area (Å²) < 4.78 is 1.66. The first-order valence-electron chi connectivity index (χ1n) is 6.97. The third-order valence-electron chi connectivity index (χ3n) is 4.00. The number of pyridine rings is 1. The fourth-order valence-corrected chi connectivity index (χ4v) is 2.92. The number of carboxylic acids is 1. The molecule has 106 valence electrons. The minimum Gasteiger partial charge on any atom is -0.477 e. The first-order valence-corrected chi connectivity index (χ1v) is 6.97.